The molecular weight excluding hydrogens is 1050 g/mol. The minimum absolute atomic E-state index is 0. The fraction of sp³-hybridized carbons (Fsp3) is 0.962. The zero-order chi connectivity index (χ0) is 52.9. The minimum atomic E-state index is -4.84. The van der Waals surface area contributed by atoms with Crippen LogP contribution in [-0.4, -0.2) is 202 Å². The van der Waals surface area contributed by atoms with E-state index in [2.05, 4.69) is 27.7 Å². The molecule has 0 aliphatic heterocycles. The van der Waals surface area contributed by atoms with Gasteiger partial charge in [-0.05, 0) is 25.7 Å². The molecule has 3 N–H and O–H groups in total. The van der Waals surface area contributed by atoms with Gasteiger partial charge in [0.1, 0.15) is 0 Å². The summed E-state index contributed by atoms with van der Waals surface area (Å²) in [6.45, 7) is 9.95. The van der Waals surface area contributed by atoms with E-state index < -0.39 is 54.5 Å². The predicted molar refractivity (Wildman–Crippen MR) is 313 cm³/mol. The topological polar surface area (TPSA) is 234 Å². The molecular formula is C52H110Na4O15S3. The van der Waals surface area contributed by atoms with Crippen LogP contribution in [0, 0.1) is 0 Å². The third-order valence-corrected chi connectivity index (χ3v) is 14.8. The standard InChI is InChI=1S/2C24H50O4S.C4H6O7S.4Na.4H/c2*1-3-5-7-9-11-13-15-17-19-21-23-27-29(25,26)28-24-22-20-18-16-14-12-10-8-6-4-2;5-3(6)1-2(4(7)8)12(9,10)11;;;;;;;;/h2*3-24H2,1-2H3;2H,1H2,(H,5,6)(H,7,8)(H,9,10,11);;;;;;;;. The summed E-state index contributed by atoms with van der Waals surface area (Å²) >= 11 is 0. The maximum absolute atomic E-state index is 11.7. The Hall–Kier alpha value is 2.59. The second kappa shape index (κ2) is 68.1. The molecule has 0 aromatic rings. The van der Waals surface area contributed by atoms with Gasteiger partial charge in [0.05, 0.1) is 32.8 Å². The molecule has 74 heavy (non-hydrogen) atoms. The quantitative estimate of drug-likeness (QED) is 0.0292. The summed E-state index contributed by atoms with van der Waals surface area (Å²) in [7, 11) is -12.4. The van der Waals surface area contributed by atoms with Gasteiger partial charge in [-0.25, -0.2) is 16.7 Å². The van der Waals surface area contributed by atoms with Gasteiger partial charge in [-0.15, -0.1) is 0 Å². The summed E-state index contributed by atoms with van der Waals surface area (Å²) in [4.78, 5) is 20.0. The molecule has 0 saturated heterocycles. The van der Waals surface area contributed by atoms with Gasteiger partial charge in [-0.3, -0.25) is 14.1 Å². The van der Waals surface area contributed by atoms with Gasteiger partial charge in [-0.2, -0.15) is 25.3 Å². The van der Waals surface area contributed by atoms with E-state index in [1.54, 1.807) is 0 Å². The van der Waals surface area contributed by atoms with E-state index in [9.17, 15) is 34.8 Å². The first-order valence-corrected chi connectivity index (χ1v) is 32.1. The molecule has 0 spiro atoms. The normalized spacial score (nSPS) is 11.6. The van der Waals surface area contributed by atoms with Crippen molar-refractivity contribution in [2.75, 3.05) is 26.4 Å². The molecule has 0 bridgehead atoms. The van der Waals surface area contributed by atoms with Gasteiger partial charge in [0.2, 0.25) is 0 Å². The first-order valence-electron chi connectivity index (χ1n) is 28.0. The zero-order valence-electron chi connectivity index (χ0n) is 44.9. The summed E-state index contributed by atoms with van der Waals surface area (Å²) in [6, 6.07) is 0. The number of carboxylic acid groups (broad SMARTS) is 2. The van der Waals surface area contributed by atoms with Gasteiger partial charge >= 0.3 is 151 Å². The average Bonchev–Trinajstić information content (AvgIpc) is 3.30. The van der Waals surface area contributed by atoms with Crippen molar-refractivity contribution in [3.63, 3.8) is 0 Å². The molecule has 0 radical (unpaired) electrons. The molecule has 0 aromatic heterocycles. The van der Waals surface area contributed by atoms with Crippen LogP contribution in [0.3, 0.4) is 0 Å². The molecule has 0 heterocycles. The van der Waals surface area contributed by atoms with Gasteiger partial charge < -0.3 is 10.2 Å². The number of aliphatic carboxylic acids is 2. The number of carboxylic acids is 2. The molecule has 0 fully saturated rings. The van der Waals surface area contributed by atoms with E-state index in [4.69, 9.17) is 31.5 Å². The van der Waals surface area contributed by atoms with E-state index >= 15 is 0 Å². The Bertz CT molecular complexity index is 1340. The van der Waals surface area contributed by atoms with Crippen molar-refractivity contribution in [3.05, 3.63) is 0 Å². The van der Waals surface area contributed by atoms with E-state index in [0.717, 1.165) is 77.0 Å². The van der Waals surface area contributed by atoms with Gasteiger partial charge in [-0.1, -0.05) is 259 Å². The van der Waals surface area contributed by atoms with Crippen molar-refractivity contribution in [3.8, 4) is 0 Å². The van der Waals surface area contributed by atoms with Crippen LogP contribution in [0.25, 0.3) is 0 Å². The molecule has 430 valence electrons. The third kappa shape index (κ3) is 76.7. The summed E-state index contributed by atoms with van der Waals surface area (Å²) in [5.41, 5.74) is 0. The van der Waals surface area contributed by atoms with Gasteiger partial charge in [0.25, 0.3) is 10.1 Å². The Morgan fingerprint density at radius 3 is 0.608 bits per heavy atom. The Balaban J connectivity index is -0.000000191. The van der Waals surface area contributed by atoms with Gasteiger partial charge in [0, 0.05) is 0 Å². The summed E-state index contributed by atoms with van der Waals surface area (Å²) in [6.07, 6.45) is 47.7. The van der Waals surface area contributed by atoms with Crippen LogP contribution in [0.2, 0.25) is 0 Å². The van der Waals surface area contributed by atoms with Crippen molar-refractivity contribution in [2.45, 2.75) is 296 Å². The van der Waals surface area contributed by atoms with E-state index in [-0.39, 0.29) is 145 Å². The van der Waals surface area contributed by atoms with Gasteiger partial charge in [0.15, 0.2) is 5.25 Å². The van der Waals surface area contributed by atoms with E-state index in [1.807, 2.05) is 0 Å². The number of rotatable bonds is 52. The Morgan fingerprint density at radius 2 is 0.486 bits per heavy atom. The summed E-state index contributed by atoms with van der Waals surface area (Å²) in [5, 5.41) is 13.9. The fourth-order valence-corrected chi connectivity index (χ4v) is 9.58. The van der Waals surface area contributed by atoms with Crippen LogP contribution >= 0.6 is 0 Å². The molecule has 1 unspecified atom stereocenters. The average molecular weight is 1160 g/mol. The number of carbonyl (C=O) groups is 2. The van der Waals surface area contributed by atoms with Crippen LogP contribution < -0.4 is 0 Å². The molecule has 0 saturated carbocycles. The van der Waals surface area contributed by atoms with Crippen molar-refractivity contribution in [1.82, 2.24) is 0 Å². The molecule has 22 heteroatoms. The third-order valence-electron chi connectivity index (χ3n) is 11.9. The van der Waals surface area contributed by atoms with E-state index in [0.29, 0.717) is 0 Å². The number of hydrogen-bond donors (Lipinski definition) is 3. The SMILES string of the molecule is CCCCCCCCCCCCOS(=O)(=O)OCCCCCCCCCCCC.CCCCCCCCCCCCOS(=O)(=O)OCCCCCCCCCCCC.O=C(O)CC(C(=O)O)S(=O)(=O)O.[NaH].[NaH].[NaH].[NaH]. The van der Waals surface area contributed by atoms with Crippen molar-refractivity contribution in [2.24, 2.45) is 0 Å². The maximum atomic E-state index is 11.7. The van der Waals surface area contributed by atoms with E-state index in [1.165, 1.54) is 180 Å². The van der Waals surface area contributed by atoms with Crippen molar-refractivity contribution >= 4 is 161 Å². The number of hydrogen-bond acceptors (Lipinski definition) is 12. The molecule has 0 amide bonds. The summed E-state index contributed by atoms with van der Waals surface area (Å²) in [5.74, 6) is -3.50. The molecule has 0 aromatic carbocycles. The van der Waals surface area contributed by atoms with Crippen LogP contribution in [0.1, 0.15) is 291 Å². The van der Waals surface area contributed by atoms with Crippen molar-refractivity contribution < 1.29 is 66.3 Å². The second-order valence-corrected chi connectivity index (χ2v) is 22.9. The Morgan fingerprint density at radius 1 is 0.324 bits per heavy atom. The van der Waals surface area contributed by atoms with Crippen LogP contribution in [0.15, 0.2) is 0 Å². The summed E-state index contributed by atoms with van der Waals surface area (Å²) < 4.78 is 95.3. The van der Waals surface area contributed by atoms with Crippen LogP contribution in [-0.2, 0) is 57.2 Å². The molecule has 0 rings (SSSR count). The molecule has 1 atom stereocenters. The molecule has 0 aliphatic carbocycles. The Labute approximate surface area is 543 Å². The van der Waals surface area contributed by atoms with Crippen molar-refractivity contribution in [1.29, 1.82) is 0 Å². The monoisotopic (exact) mass is 1160 g/mol. The van der Waals surface area contributed by atoms with Crippen LogP contribution in [0.5, 0.6) is 0 Å². The molecule has 15 nitrogen and oxygen atoms in total. The first kappa shape index (κ1) is 90.4. The first-order chi connectivity index (χ1) is 33.5. The van der Waals surface area contributed by atoms with Crippen LogP contribution in [0.4, 0.5) is 0 Å². The number of unbranched alkanes of at least 4 members (excludes halogenated alkanes) is 36. The zero-order valence-corrected chi connectivity index (χ0v) is 47.3. The molecule has 0 aliphatic rings. The second-order valence-electron chi connectivity index (χ2n) is 18.8. The predicted octanol–water partition coefficient (Wildman–Crippen LogP) is 12.4. The fourth-order valence-electron chi connectivity index (χ4n) is 7.55. The Kier molecular flexibility index (Phi) is 83.2.